The monoisotopic (exact) mass is 358 g/mol. The molecule has 1 aromatic heterocycles. The first-order valence-electron chi connectivity index (χ1n) is 8.20. The number of fused-ring (bicyclic) bond motifs is 2. The fourth-order valence-corrected chi connectivity index (χ4v) is 3.24. The third-order valence-electron chi connectivity index (χ3n) is 4.51. The number of nitrogens with zero attached hydrogens (tertiary/aromatic N) is 2. The van der Waals surface area contributed by atoms with Crippen molar-refractivity contribution in [3.8, 4) is 11.5 Å². The van der Waals surface area contributed by atoms with E-state index in [0.29, 0.717) is 24.5 Å². The number of imidazole rings is 1. The van der Waals surface area contributed by atoms with Crippen molar-refractivity contribution in [3.63, 3.8) is 0 Å². The Bertz CT molecular complexity index is 849. The second-order valence-corrected chi connectivity index (χ2v) is 5.96. The highest BCUT2D eigenvalue weighted by Gasteiger charge is 2.35. The molecule has 0 aliphatic carbocycles. The van der Waals surface area contributed by atoms with Gasteiger partial charge in [0, 0.05) is 18.7 Å². The zero-order valence-electron chi connectivity index (χ0n) is 14.2. The zero-order valence-corrected chi connectivity index (χ0v) is 14.2. The lowest BCUT2D eigenvalue weighted by atomic mass is 9.95. The summed E-state index contributed by atoms with van der Waals surface area (Å²) in [6.45, 7) is 0.481. The first kappa shape index (κ1) is 16.2. The normalized spacial score (nSPS) is 17.6. The molecule has 0 spiro atoms. The topological polar surface area (TPSA) is 106 Å². The Morgan fingerprint density at radius 3 is 3.08 bits per heavy atom. The Balaban J connectivity index is 1.65. The molecule has 2 N–H and O–H groups in total. The number of urea groups is 1. The van der Waals surface area contributed by atoms with E-state index in [1.165, 1.54) is 7.11 Å². The number of ether oxygens (including phenoxy) is 3. The summed E-state index contributed by atoms with van der Waals surface area (Å²) in [5, 5.41) is 2.60. The predicted octanol–water partition coefficient (Wildman–Crippen LogP) is 0.968. The van der Waals surface area contributed by atoms with Crippen LogP contribution in [0.1, 0.15) is 23.0 Å². The van der Waals surface area contributed by atoms with Gasteiger partial charge in [-0.2, -0.15) is 0 Å². The molecule has 1 aromatic carbocycles. The summed E-state index contributed by atoms with van der Waals surface area (Å²) in [6, 6.07) is 4.83. The van der Waals surface area contributed by atoms with E-state index < -0.39 is 12.0 Å². The van der Waals surface area contributed by atoms with Crippen molar-refractivity contribution < 1.29 is 23.8 Å². The van der Waals surface area contributed by atoms with Crippen LogP contribution in [0.15, 0.2) is 24.5 Å². The molecule has 2 aliphatic heterocycles. The number of aromatic nitrogens is 2. The molecule has 2 aliphatic rings. The van der Waals surface area contributed by atoms with E-state index in [4.69, 9.17) is 9.47 Å². The molecule has 0 saturated carbocycles. The highest BCUT2D eigenvalue weighted by molar-refractivity contribution is 5.81. The maximum atomic E-state index is 12.7. The summed E-state index contributed by atoms with van der Waals surface area (Å²) >= 11 is 0. The van der Waals surface area contributed by atoms with Gasteiger partial charge in [0.25, 0.3) is 0 Å². The first-order valence-corrected chi connectivity index (χ1v) is 8.20. The highest BCUT2D eigenvalue weighted by Crippen LogP contribution is 2.39. The number of nitrogens with one attached hydrogen (secondary N) is 2. The molecule has 0 bridgehead atoms. The molecule has 0 fully saturated rings. The zero-order chi connectivity index (χ0) is 18.1. The number of hydrogen-bond acceptors (Lipinski definition) is 6. The summed E-state index contributed by atoms with van der Waals surface area (Å²) in [7, 11) is 1.28. The Labute approximate surface area is 149 Å². The molecule has 136 valence electrons. The molecule has 9 heteroatoms. The summed E-state index contributed by atoms with van der Waals surface area (Å²) in [6.07, 6.45) is 2.28. The Kier molecular flexibility index (Phi) is 4.11. The number of aromatic amines is 1. The van der Waals surface area contributed by atoms with Crippen LogP contribution in [0.2, 0.25) is 0 Å². The average molecular weight is 358 g/mol. The predicted molar refractivity (Wildman–Crippen MR) is 88.8 cm³/mol. The lowest BCUT2D eigenvalue weighted by molar-refractivity contribution is -0.139. The first-order chi connectivity index (χ1) is 12.7. The molecule has 9 nitrogen and oxygen atoms in total. The number of methoxy groups -OCH3 is 1. The smallest absolute Gasteiger partial charge is 0.325 e. The van der Waals surface area contributed by atoms with Crippen LogP contribution in [0, 0.1) is 0 Å². The minimum absolute atomic E-state index is 0.181. The van der Waals surface area contributed by atoms with Crippen LogP contribution in [-0.2, 0) is 16.0 Å². The molecule has 26 heavy (non-hydrogen) atoms. The van der Waals surface area contributed by atoms with E-state index >= 15 is 0 Å². The molecule has 2 amide bonds. The van der Waals surface area contributed by atoms with Crippen molar-refractivity contribution >= 4 is 12.0 Å². The molecular formula is C17H18N4O5. The van der Waals surface area contributed by atoms with Gasteiger partial charge in [-0.25, -0.2) is 9.78 Å². The number of hydrogen-bond donors (Lipinski definition) is 2. The quantitative estimate of drug-likeness (QED) is 0.792. The van der Waals surface area contributed by atoms with E-state index in [9.17, 15) is 9.59 Å². The third-order valence-corrected chi connectivity index (χ3v) is 4.51. The summed E-state index contributed by atoms with van der Waals surface area (Å²) < 4.78 is 15.4. The maximum Gasteiger partial charge on any atom is 0.325 e. The molecule has 3 heterocycles. The van der Waals surface area contributed by atoms with E-state index in [0.717, 1.165) is 17.0 Å². The van der Waals surface area contributed by atoms with Crippen LogP contribution < -0.4 is 14.8 Å². The van der Waals surface area contributed by atoms with Crippen molar-refractivity contribution in [2.24, 2.45) is 0 Å². The number of amides is 2. The SMILES string of the molecule is COC(=O)CNC(=O)N1CCc2[nH]cnc2[C@@H]1c1ccc2c(c1)OCO2. The third kappa shape index (κ3) is 2.81. The average Bonchev–Trinajstić information content (AvgIpc) is 3.32. The van der Waals surface area contributed by atoms with Crippen LogP contribution in [0.5, 0.6) is 11.5 Å². The van der Waals surface area contributed by atoms with E-state index in [1.807, 2.05) is 18.2 Å². The number of rotatable bonds is 3. The lowest BCUT2D eigenvalue weighted by Gasteiger charge is -2.35. The largest absolute Gasteiger partial charge is 0.468 e. The summed E-state index contributed by atoms with van der Waals surface area (Å²) in [5.41, 5.74) is 2.63. The molecule has 2 aromatic rings. The van der Waals surface area contributed by atoms with Gasteiger partial charge in [-0.1, -0.05) is 6.07 Å². The second kappa shape index (κ2) is 6.58. The van der Waals surface area contributed by atoms with Gasteiger partial charge in [0.1, 0.15) is 12.6 Å². The molecule has 0 saturated heterocycles. The van der Waals surface area contributed by atoms with Gasteiger partial charge >= 0.3 is 12.0 Å². The fourth-order valence-electron chi connectivity index (χ4n) is 3.24. The fraction of sp³-hybridized carbons (Fsp3) is 0.353. The van der Waals surface area contributed by atoms with E-state index in [2.05, 4.69) is 20.0 Å². The van der Waals surface area contributed by atoms with E-state index in [-0.39, 0.29) is 19.4 Å². The number of benzene rings is 1. The number of H-pyrrole nitrogens is 1. The van der Waals surface area contributed by atoms with Gasteiger partial charge in [-0.3, -0.25) is 4.79 Å². The number of carbonyl (C=O) groups is 2. The van der Waals surface area contributed by atoms with Crippen molar-refractivity contribution in [3.05, 3.63) is 41.5 Å². The molecule has 0 unspecified atom stereocenters. The summed E-state index contributed by atoms with van der Waals surface area (Å²) in [5.74, 6) is 0.809. The van der Waals surface area contributed by atoms with Gasteiger partial charge in [0.15, 0.2) is 11.5 Å². The molecule has 1 atom stereocenters. The van der Waals surface area contributed by atoms with Gasteiger partial charge < -0.3 is 29.4 Å². The van der Waals surface area contributed by atoms with Crippen LogP contribution >= 0.6 is 0 Å². The van der Waals surface area contributed by atoms with Crippen molar-refractivity contribution in [2.75, 3.05) is 27.0 Å². The van der Waals surface area contributed by atoms with Crippen molar-refractivity contribution in [1.29, 1.82) is 0 Å². The van der Waals surface area contributed by atoms with Gasteiger partial charge in [-0.15, -0.1) is 0 Å². The highest BCUT2D eigenvalue weighted by atomic mass is 16.7. The van der Waals surface area contributed by atoms with Crippen molar-refractivity contribution in [1.82, 2.24) is 20.2 Å². The van der Waals surface area contributed by atoms with Crippen LogP contribution in [-0.4, -0.2) is 53.9 Å². The minimum atomic E-state index is -0.504. The van der Waals surface area contributed by atoms with Gasteiger partial charge in [0.2, 0.25) is 6.79 Å². The van der Waals surface area contributed by atoms with Crippen LogP contribution in [0.25, 0.3) is 0 Å². The Hall–Kier alpha value is -3.23. The van der Waals surface area contributed by atoms with Crippen LogP contribution in [0.3, 0.4) is 0 Å². The summed E-state index contributed by atoms with van der Waals surface area (Å²) in [4.78, 5) is 33.2. The molecule has 0 radical (unpaired) electrons. The van der Waals surface area contributed by atoms with Gasteiger partial charge in [-0.05, 0) is 17.7 Å². The van der Waals surface area contributed by atoms with E-state index in [1.54, 1.807) is 11.2 Å². The molecule has 4 rings (SSSR count). The number of carbonyl (C=O) groups excluding carboxylic acids is 2. The Morgan fingerprint density at radius 1 is 1.38 bits per heavy atom. The van der Waals surface area contributed by atoms with Crippen LogP contribution in [0.4, 0.5) is 4.79 Å². The number of esters is 1. The van der Waals surface area contributed by atoms with Crippen molar-refractivity contribution in [2.45, 2.75) is 12.5 Å². The molecular weight excluding hydrogens is 340 g/mol. The lowest BCUT2D eigenvalue weighted by Crippen LogP contribution is -2.47. The Morgan fingerprint density at radius 2 is 2.23 bits per heavy atom. The van der Waals surface area contributed by atoms with Gasteiger partial charge in [0.05, 0.1) is 19.1 Å². The maximum absolute atomic E-state index is 12.7. The second-order valence-electron chi connectivity index (χ2n) is 5.96. The minimum Gasteiger partial charge on any atom is -0.468 e. The standard InChI is InChI=1S/C17H18N4O5/c1-24-14(22)7-18-17(23)21-5-4-11-15(20-8-19-11)16(21)10-2-3-12-13(6-10)26-9-25-12/h2-3,6,8,16H,4-5,7,9H2,1H3,(H,18,23)(H,19,20)/t16-/m0/s1.